The molecule has 0 aromatic rings. The van der Waals surface area contributed by atoms with Gasteiger partial charge >= 0.3 is 6.09 Å². The number of hydrogen-bond donors (Lipinski definition) is 0. The van der Waals surface area contributed by atoms with E-state index in [1.165, 1.54) is 6.42 Å². The Kier molecular flexibility index (Phi) is 7.09. The summed E-state index contributed by atoms with van der Waals surface area (Å²) in [5, 5.41) is 0. The van der Waals surface area contributed by atoms with Crippen molar-refractivity contribution in [3.63, 3.8) is 0 Å². The number of ether oxygens (including phenoxy) is 1. The molecule has 1 rings (SSSR count). The van der Waals surface area contributed by atoms with E-state index in [-0.39, 0.29) is 6.09 Å². The number of carbonyl (C=O) groups excluding carboxylic acids is 1. The second-order valence-corrected chi connectivity index (χ2v) is 5.19. The van der Waals surface area contributed by atoms with Crippen LogP contribution in [0.15, 0.2) is 0 Å². The zero-order valence-corrected chi connectivity index (χ0v) is 12.2. The Morgan fingerprint density at radius 1 is 1.39 bits per heavy atom. The summed E-state index contributed by atoms with van der Waals surface area (Å²) < 4.78 is 5.33. The molecule has 0 saturated carbocycles. The number of piperidine rings is 1. The Hall–Kier alpha value is -0.770. The van der Waals surface area contributed by atoms with Gasteiger partial charge in [-0.05, 0) is 38.3 Å². The van der Waals surface area contributed by atoms with Crippen LogP contribution in [0.3, 0.4) is 0 Å². The van der Waals surface area contributed by atoms with Crippen LogP contribution in [0.5, 0.6) is 0 Å². The van der Waals surface area contributed by atoms with Crippen LogP contribution in [-0.2, 0) is 4.74 Å². The first-order valence-electron chi connectivity index (χ1n) is 7.31. The van der Waals surface area contributed by atoms with Gasteiger partial charge in [0.05, 0.1) is 6.61 Å². The van der Waals surface area contributed by atoms with Gasteiger partial charge < -0.3 is 14.5 Å². The van der Waals surface area contributed by atoms with E-state index in [9.17, 15) is 4.79 Å². The predicted molar refractivity (Wildman–Crippen MR) is 73.7 cm³/mol. The number of carbonyl (C=O) groups is 1. The van der Waals surface area contributed by atoms with Crippen LogP contribution in [0.2, 0.25) is 0 Å². The molecule has 4 nitrogen and oxygen atoms in total. The molecule has 1 saturated heterocycles. The van der Waals surface area contributed by atoms with Crippen molar-refractivity contribution in [1.29, 1.82) is 0 Å². The standard InChI is InChI=1S/C14H28N2O2/c1-4-15(5-2)9-7-11-18-14(17)16-10-6-8-13(3)12-16/h13H,4-12H2,1-3H3. The highest BCUT2D eigenvalue weighted by Crippen LogP contribution is 2.16. The third kappa shape index (κ3) is 5.25. The summed E-state index contributed by atoms with van der Waals surface area (Å²) in [6.45, 7) is 11.9. The Bertz CT molecular complexity index is 242. The van der Waals surface area contributed by atoms with Gasteiger partial charge in [0.2, 0.25) is 0 Å². The molecule has 0 N–H and O–H groups in total. The maximum atomic E-state index is 11.8. The molecule has 1 heterocycles. The van der Waals surface area contributed by atoms with Crippen molar-refractivity contribution in [2.45, 2.75) is 40.0 Å². The average Bonchev–Trinajstić information content (AvgIpc) is 2.38. The van der Waals surface area contributed by atoms with Gasteiger partial charge in [0.15, 0.2) is 0 Å². The van der Waals surface area contributed by atoms with E-state index in [2.05, 4.69) is 25.7 Å². The van der Waals surface area contributed by atoms with Gasteiger partial charge in [-0.2, -0.15) is 0 Å². The lowest BCUT2D eigenvalue weighted by Gasteiger charge is -2.30. The molecule has 1 aliphatic heterocycles. The predicted octanol–water partition coefficient (Wildman–Crippen LogP) is 2.59. The molecule has 0 radical (unpaired) electrons. The fourth-order valence-corrected chi connectivity index (χ4v) is 2.43. The van der Waals surface area contributed by atoms with Gasteiger partial charge in [-0.25, -0.2) is 4.79 Å². The third-order valence-electron chi connectivity index (χ3n) is 3.65. The quantitative estimate of drug-likeness (QED) is 0.685. The van der Waals surface area contributed by atoms with E-state index in [0.29, 0.717) is 12.5 Å². The second-order valence-electron chi connectivity index (χ2n) is 5.19. The molecule has 0 spiro atoms. The first-order valence-corrected chi connectivity index (χ1v) is 7.31. The second kappa shape index (κ2) is 8.35. The van der Waals surface area contributed by atoms with Crippen LogP contribution < -0.4 is 0 Å². The summed E-state index contributed by atoms with van der Waals surface area (Å²) in [6, 6.07) is 0. The monoisotopic (exact) mass is 256 g/mol. The molecule has 0 aromatic carbocycles. The smallest absolute Gasteiger partial charge is 0.409 e. The Morgan fingerprint density at radius 3 is 2.72 bits per heavy atom. The average molecular weight is 256 g/mol. The highest BCUT2D eigenvalue weighted by Gasteiger charge is 2.21. The molecule has 1 atom stereocenters. The molecular formula is C14H28N2O2. The number of rotatable bonds is 6. The fourth-order valence-electron chi connectivity index (χ4n) is 2.43. The molecule has 1 unspecified atom stereocenters. The van der Waals surface area contributed by atoms with Crippen molar-refractivity contribution in [3.05, 3.63) is 0 Å². The van der Waals surface area contributed by atoms with Crippen molar-refractivity contribution >= 4 is 6.09 Å². The lowest BCUT2D eigenvalue weighted by atomic mass is 10.0. The first-order chi connectivity index (χ1) is 8.67. The Labute approximate surface area is 111 Å². The fraction of sp³-hybridized carbons (Fsp3) is 0.929. The summed E-state index contributed by atoms with van der Waals surface area (Å²) in [5.41, 5.74) is 0. The van der Waals surface area contributed by atoms with Crippen molar-refractivity contribution in [2.75, 3.05) is 39.3 Å². The van der Waals surface area contributed by atoms with E-state index in [4.69, 9.17) is 4.74 Å². The third-order valence-corrected chi connectivity index (χ3v) is 3.65. The maximum Gasteiger partial charge on any atom is 0.409 e. The lowest BCUT2D eigenvalue weighted by molar-refractivity contribution is 0.0829. The minimum atomic E-state index is -0.124. The first kappa shape index (κ1) is 15.3. The zero-order chi connectivity index (χ0) is 13.4. The summed E-state index contributed by atoms with van der Waals surface area (Å²) >= 11 is 0. The van der Waals surface area contributed by atoms with Gasteiger partial charge in [0, 0.05) is 19.6 Å². The number of amides is 1. The minimum absolute atomic E-state index is 0.124. The van der Waals surface area contributed by atoms with E-state index in [0.717, 1.165) is 45.6 Å². The summed E-state index contributed by atoms with van der Waals surface area (Å²) in [6.07, 6.45) is 3.14. The molecule has 106 valence electrons. The summed E-state index contributed by atoms with van der Waals surface area (Å²) in [7, 11) is 0. The van der Waals surface area contributed by atoms with E-state index < -0.39 is 0 Å². The molecule has 0 aromatic heterocycles. The molecule has 1 fully saturated rings. The number of hydrogen-bond acceptors (Lipinski definition) is 3. The normalized spacial score (nSPS) is 20.2. The number of nitrogens with zero attached hydrogens (tertiary/aromatic N) is 2. The van der Waals surface area contributed by atoms with E-state index in [1.54, 1.807) is 0 Å². The van der Waals surface area contributed by atoms with Gasteiger partial charge in [0.25, 0.3) is 0 Å². The highest BCUT2D eigenvalue weighted by atomic mass is 16.6. The van der Waals surface area contributed by atoms with E-state index in [1.807, 2.05) is 4.90 Å². The zero-order valence-electron chi connectivity index (χ0n) is 12.2. The van der Waals surface area contributed by atoms with Gasteiger partial charge in [-0.15, -0.1) is 0 Å². The molecule has 0 bridgehead atoms. The molecule has 4 heteroatoms. The topological polar surface area (TPSA) is 32.8 Å². The molecule has 0 aliphatic carbocycles. The Balaban J connectivity index is 2.13. The van der Waals surface area contributed by atoms with Gasteiger partial charge in [0.1, 0.15) is 0 Å². The molecule has 1 amide bonds. The SMILES string of the molecule is CCN(CC)CCCOC(=O)N1CCCC(C)C1. The number of likely N-dealkylation sites (tertiary alicyclic amines) is 1. The van der Waals surface area contributed by atoms with Gasteiger partial charge in [-0.1, -0.05) is 20.8 Å². The van der Waals surface area contributed by atoms with Crippen molar-refractivity contribution in [1.82, 2.24) is 9.80 Å². The van der Waals surface area contributed by atoms with Crippen LogP contribution in [0, 0.1) is 5.92 Å². The Morgan fingerprint density at radius 2 is 2.11 bits per heavy atom. The minimum Gasteiger partial charge on any atom is -0.449 e. The van der Waals surface area contributed by atoms with Crippen LogP contribution in [-0.4, -0.2) is 55.2 Å². The van der Waals surface area contributed by atoms with Crippen molar-refractivity contribution in [2.24, 2.45) is 5.92 Å². The van der Waals surface area contributed by atoms with Gasteiger partial charge in [-0.3, -0.25) is 0 Å². The van der Waals surface area contributed by atoms with Crippen molar-refractivity contribution in [3.8, 4) is 0 Å². The molecule has 18 heavy (non-hydrogen) atoms. The largest absolute Gasteiger partial charge is 0.449 e. The van der Waals surface area contributed by atoms with Crippen LogP contribution in [0.25, 0.3) is 0 Å². The summed E-state index contributed by atoms with van der Waals surface area (Å²) in [4.78, 5) is 16.0. The molecule has 1 aliphatic rings. The van der Waals surface area contributed by atoms with Crippen LogP contribution in [0.1, 0.15) is 40.0 Å². The van der Waals surface area contributed by atoms with Crippen LogP contribution in [0.4, 0.5) is 4.79 Å². The summed E-state index contributed by atoms with van der Waals surface area (Å²) in [5.74, 6) is 0.613. The van der Waals surface area contributed by atoms with E-state index >= 15 is 0 Å². The lowest BCUT2D eigenvalue weighted by Crippen LogP contribution is -2.39. The highest BCUT2D eigenvalue weighted by molar-refractivity contribution is 5.67. The molecular weight excluding hydrogens is 228 g/mol. The maximum absolute atomic E-state index is 11.8. The van der Waals surface area contributed by atoms with Crippen LogP contribution >= 0.6 is 0 Å². The van der Waals surface area contributed by atoms with Crippen molar-refractivity contribution < 1.29 is 9.53 Å².